The molecule has 0 aromatic carbocycles. The molecule has 1 unspecified atom stereocenters. The number of hydrogen-bond acceptors (Lipinski definition) is 2. The van der Waals surface area contributed by atoms with E-state index in [1.165, 1.54) is 0 Å². The lowest BCUT2D eigenvalue weighted by Crippen LogP contribution is -2.41. The summed E-state index contributed by atoms with van der Waals surface area (Å²) < 4.78 is 5.15. The van der Waals surface area contributed by atoms with Gasteiger partial charge in [0, 0.05) is 12.0 Å². The summed E-state index contributed by atoms with van der Waals surface area (Å²) in [6.07, 6.45) is 2.19. The van der Waals surface area contributed by atoms with Gasteiger partial charge >= 0.3 is 0 Å². The Morgan fingerprint density at radius 2 is 2.18 bits per heavy atom. The zero-order chi connectivity index (χ0) is 8.32. The number of aliphatic hydroxyl groups excluding tert-OH is 1. The van der Waals surface area contributed by atoms with Crippen molar-refractivity contribution in [3.05, 3.63) is 0 Å². The molecule has 0 bridgehead atoms. The van der Waals surface area contributed by atoms with Crippen molar-refractivity contribution in [1.29, 1.82) is 0 Å². The molecule has 0 aromatic heterocycles. The van der Waals surface area contributed by atoms with E-state index in [4.69, 9.17) is 9.84 Å². The summed E-state index contributed by atoms with van der Waals surface area (Å²) in [7, 11) is 0. The van der Waals surface area contributed by atoms with Crippen LogP contribution in [0.1, 0.15) is 26.7 Å². The maximum Gasteiger partial charge on any atom is 0.0542 e. The largest absolute Gasteiger partial charge is 0.396 e. The fourth-order valence-electron chi connectivity index (χ4n) is 1.60. The Kier molecular flexibility index (Phi) is 2.90. The molecule has 1 atom stereocenters. The second-order valence-corrected chi connectivity index (χ2v) is 3.96. The average molecular weight is 158 g/mol. The molecule has 1 aliphatic rings. The normalized spacial score (nSPS) is 24.3. The summed E-state index contributed by atoms with van der Waals surface area (Å²) in [5.41, 5.74) is 0.364. The number of hydrogen-bond donors (Lipinski definition) is 1. The number of ether oxygens (including phenoxy) is 1. The molecule has 2 heteroatoms. The zero-order valence-corrected chi connectivity index (χ0v) is 7.47. The van der Waals surface area contributed by atoms with E-state index < -0.39 is 0 Å². The van der Waals surface area contributed by atoms with Crippen LogP contribution in [0.5, 0.6) is 0 Å². The van der Waals surface area contributed by atoms with E-state index in [0.717, 1.165) is 26.1 Å². The Balaban J connectivity index is 2.27. The summed E-state index contributed by atoms with van der Waals surface area (Å²) in [6, 6.07) is 0. The highest BCUT2D eigenvalue weighted by Gasteiger charge is 2.34. The molecule has 1 saturated heterocycles. The predicted octanol–water partition coefficient (Wildman–Crippen LogP) is 1.43. The monoisotopic (exact) mass is 158 g/mol. The first-order valence-corrected chi connectivity index (χ1v) is 4.39. The van der Waals surface area contributed by atoms with E-state index in [-0.39, 0.29) is 0 Å². The van der Waals surface area contributed by atoms with Crippen LogP contribution in [0.3, 0.4) is 0 Å². The van der Waals surface area contributed by atoms with Crippen LogP contribution in [0.4, 0.5) is 0 Å². The third kappa shape index (κ3) is 2.17. The first-order chi connectivity index (χ1) is 5.20. The molecule has 1 rings (SSSR count). The molecule has 2 nitrogen and oxygen atoms in total. The third-order valence-electron chi connectivity index (χ3n) is 2.52. The van der Waals surface area contributed by atoms with E-state index in [9.17, 15) is 0 Å². The fourth-order valence-corrected chi connectivity index (χ4v) is 1.60. The molecule has 1 fully saturated rings. The molecular formula is C9H18O2. The third-order valence-corrected chi connectivity index (χ3v) is 2.52. The van der Waals surface area contributed by atoms with Gasteiger partial charge in [-0.2, -0.15) is 0 Å². The van der Waals surface area contributed by atoms with E-state index in [0.29, 0.717) is 17.9 Å². The first kappa shape index (κ1) is 9.01. The Morgan fingerprint density at radius 3 is 2.45 bits per heavy atom. The lowest BCUT2D eigenvalue weighted by Gasteiger charge is -2.40. The van der Waals surface area contributed by atoms with Gasteiger partial charge in [0.15, 0.2) is 0 Å². The van der Waals surface area contributed by atoms with Gasteiger partial charge in [-0.15, -0.1) is 0 Å². The van der Waals surface area contributed by atoms with Crippen LogP contribution in [0.15, 0.2) is 0 Å². The molecule has 0 saturated carbocycles. The van der Waals surface area contributed by atoms with Gasteiger partial charge in [0.25, 0.3) is 0 Å². The molecular weight excluding hydrogens is 140 g/mol. The van der Waals surface area contributed by atoms with Gasteiger partial charge in [0.05, 0.1) is 13.2 Å². The van der Waals surface area contributed by atoms with Gasteiger partial charge in [-0.1, -0.05) is 20.3 Å². The van der Waals surface area contributed by atoms with Crippen molar-refractivity contribution in [2.45, 2.75) is 26.7 Å². The van der Waals surface area contributed by atoms with Gasteiger partial charge in [-0.25, -0.2) is 0 Å². The second-order valence-electron chi connectivity index (χ2n) is 3.96. The highest BCUT2D eigenvalue weighted by atomic mass is 16.5. The minimum atomic E-state index is 0.325. The Morgan fingerprint density at radius 1 is 1.55 bits per heavy atom. The van der Waals surface area contributed by atoms with Crippen LogP contribution in [0.25, 0.3) is 0 Å². The maximum atomic E-state index is 8.97. The molecule has 66 valence electrons. The average Bonchev–Trinajstić information content (AvgIpc) is 1.97. The highest BCUT2D eigenvalue weighted by Crippen LogP contribution is 2.34. The number of aliphatic hydroxyl groups is 1. The van der Waals surface area contributed by atoms with Gasteiger partial charge in [0.2, 0.25) is 0 Å². The zero-order valence-electron chi connectivity index (χ0n) is 7.47. The van der Waals surface area contributed by atoms with Crippen molar-refractivity contribution < 1.29 is 9.84 Å². The SMILES string of the molecule is CCC(CO)CC1(C)COC1. The molecule has 0 amide bonds. The standard InChI is InChI=1S/C9H18O2/c1-3-8(5-10)4-9(2)6-11-7-9/h8,10H,3-7H2,1-2H3. The highest BCUT2D eigenvalue weighted by molar-refractivity contribution is 4.82. The van der Waals surface area contributed by atoms with Crippen LogP contribution in [0, 0.1) is 11.3 Å². The minimum absolute atomic E-state index is 0.325. The summed E-state index contributed by atoms with van der Waals surface area (Å²) >= 11 is 0. The molecule has 0 spiro atoms. The van der Waals surface area contributed by atoms with Crippen LogP contribution in [-0.4, -0.2) is 24.9 Å². The van der Waals surface area contributed by atoms with Crippen molar-refractivity contribution >= 4 is 0 Å². The predicted molar refractivity (Wildman–Crippen MR) is 44.4 cm³/mol. The van der Waals surface area contributed by atoms with Crippen molar-refractivity contribution in [2.75, 3.05) is 19.8 Å². The van der Waals surface area contributed by atoms with E-state index in [1.54, 1.807) is 0 Å². The van der Waals surface area contributed by atoms with Crippen LogP contribution in [0.2, 0.25) is 0 Å². The van der Waals surface area contributed by atoms with E-state index >= 15 is 0 Å². The molecule has 0 aliphatic carbocycles. The molecule has 1 heterocycles. The fraction of sp³-hybridized carbons (Fsp3) is 1.00. The van der Waals surface area contributed by atoms with E-state index in [2.05, 4.69) is 13.8 Å². The quantitative estimate of drug-likeness (QED) is 0.670. The Bertz CT molecular complexity index is 115. The summed E-state index contributed by atoms with van der Waals surface area (Å²) in [5.74, 6) is 0.476. The topological polar surface area (TPSA) is 29.5 Å². The van der Waals surface area contributed by atoms with Crippen molar-refractivity contribution in [3.8, 4) is 0 Å². The van der Waals surface area contributed by atoms with Gasteiger partial charge < -0.3 is 9.84 Å². The lowest BCUT2D eigenvalue weighted by molar-refractivity contribution is -0.115. The van der Waals surface area contributed by atoms with Gasteiger partial charge in [0.1, 0.15) is 0 Å². The molecule has 11 heavy (non-hydrogen) atoms. The van der Waals surface area contributed by atoms with Gasteiger partial charge in [-0.05, 0) is 12.3 Å². The van der Waals surface area contributed by atoms with Gasteiger partial charge in [-0.3, -0.25) is 0 Å². The van der Waals surface area contributed by atoms with Crippen LogP contribution < -0.4 is 0 Å². The smallest absolute Gasteiger partial charge is 0.0542 e. The molecule has 1 N–H and O–H groups in total. The maximum absolute atomic E-state index is 8.97. The minimum Gasteiger partial charge on any atom is -0.396 e. The summed E-state index contributed by atoms with van der Waals surface area (Å²) in [4.78, 5) is 0. The van der Waals surface area contributed by atoms with Crippen molar-refractivity contribution in [3.63, 3.8) is 0 Å². The first-order valence-electron chi connectivity index (χ1n) is 4.39. The number of rotatable bonds is 4. The van der Waals surface area contributed by atoms with Crippen molar-refractivity contribution in [2.24, 2.45) is 11.3 Å². The van der Waals surface area contributed by atoms with Crippen molar-refractivity contribution in [1.82, 2.24) is 0 Å². The molecule has 0 aromatic rings. The molecule has 1 aliphatic heterocycles. The summed E-state index contributed by atoms with van der Waals surface area (Å²) in [6.45, 7) is 6.44. The van der Waals surface area contributed by atoms with Crippen LogP contribution >= 0.6 is 0 Å². The lowest BCUT2D eigenvalue weighted by atomic mass is 9.79. The van der Waals surface area contributed by atoms with Crippen LogP contribution in [-0.2, 0) is 4.74 Å². The van der Waals surface area contributed by atoms with E-state index in [1.807, 2.05) is 0 Å². The Hall–Kier alpha value is -0.0800. The second kappa shape index (κ2) is 3.55. The Labute approximate surface area is 68.6 Å². The molecule has 0 radical (unpaired) electrons. The summed E-state index contributed by atoms with van der Waals surface area (Å²) in [5, 5.41) is 8.97.